The average molecular weight is 435 g/mol. The van der Waals surface area contributed by atoms with E-state index >= 15 is 0 Å². The Morgan fingerprint density at radius 3 is 2.20 bits per heavy atom. The Kier molecular flexibility index (Phi) is 8.11. The molecule has 0 radical (unpaired) electrons. The number of amides is 1. The summed E-state index contributed by atoms with van der Waals surface area (Å²) in [6, 6.07) is 11.2. The minimum Gasteiger partial charge on any atom is -0.493 e. The number of aryl methyl sites for hydroxylation is 3. The molecule has 0 fully saturated rings. The molecular weight excluding hydrogens is 404 g/mol. The van der Waals surface area contributed by atoms with E-state index in [0.717, 1.165) is 33.7 Å². The molecule has 0 saturated heterocycles. The number of sulfonamides is 1. The van der Waals surface area contributed by atoms with Gasteiger partial charge in [0, 0.05) is 6.54 Å². The van der Waals surface area contributed by atoms with Crippen molar-refractivity contribution in [3.8, 4) is 11.5 Å². The number of benzene rings is 2. The normalized spacial score (nSPS) is 11.1. The van der Waals surface area contributed by atoms with Gasteiger partial charge in [0.1, 0.15) is 6.54 Å². The highest BCUT2D eigenvalue weighted by molar-refractivity contribution is 7.92. The second kappa shape index (κ2) is 10.3. The van der Waals surface area contributed by atoms with Crippen molar-refractivity contribution in [1.29, 1.82) is 0 Å². The fourth-order valence-corrected chi connectivity index (χ4v) is 4.08. The standard InChI is InChI=1S/C22H30N2O5S/c1-16-11-17(2)13-19(12-16)24(30(5,26)27)15-22(25)23-10-6-7-18-8-9-20(28-3)21(14-18)29-4/h8-9,11-14H,6-7,10,15H2,1-5H3,(H,23,25). The molecule has 0 heterocycles. The van der Waals surface area contributed by atoms with Crippen LogP contribution >= 0.6 is 0 Å². The van der Waals surface area contributed by atoms with Crippen molar-refractivity contribution < 1.29 is 22.7 Å². The van der Waals surface area contributed by atoms with Crippen LogP contribution in [0.25, 0.3) is 0 Å². The molecule has 2 rings (SSSR count). The van der Waals surface area contributed by atoms with Gasteiger partial charge in [-0.2, -0.15) is 0 Å². The lowest BCUT2D eigenvalue weighted by Gasteiger charge is -2.22. The van der Waals surface area contributed by atoms with Crippen LogP contribution in [0.4, 0.5) is 5.69 Å². The Labute approximate surface area is 179 Å². The molecule has 0 unspecified atom stereocenters. The predicted octanol–water partition coefficient (Wildman–Crippen LogP) is 2.84. The van der Waals surface area contributed by atoms with Crippen molar-refractivity contribution in [2.75, 3.05) is 37.9 Å². The van der Waals surface area contributed by atoms with Crippen molar-refractivity contribution >= 4 is 21.6 Å². The van der Waals surface area contributed by atoms with Gasteiger partial charge in [-0.05, 0) is 67.6 Å². The zero-order valence-corrected chi connectivity index (χ0v) is 19.0. The van der Waals surface area contributed by atoms with Crippen LogP contribution in [0.15, 0.2) is 36.4 Å². The van der Waals surface area contributed by atoms with E-state index in [4.69, 9.17) is 9.47 Å². The first kappa shape index (κ1) is 23.5. The van der Waals surface area contributed by atoms with Crippen LogP contribution in [0.2, 0.25) is 0 Å². The Balaban J connectivity index is 1.93. The molecule has 0 saturated carbocycles. The maximum atomic E-state index is 12.4. The summed E-state index contributed by atoms with van der Waals surface area (Å²) in [5.74, 6) is 0.991. The highest BCUT2D eigenvalue weighted by atomic mass is 32.2. The number of carbonyl (C=O) groups excluding carboxylic acids is 1. The molecule has 7 nitrogen and oxygen atoms in total. The molecule has 0 aliphatic rings. The van der Waals surface area contributed by atoms with Crippen molar-refractivity contribution in [2.45, 2.75) is 26.7 Å². The predicted molar refractivity (Wildman–Crippen MR) is 119 cm³/mol. The third kappa shape index (κ3) is 6.66. The molecule has 2 aromatic rings. The average Bonchev–Trinajstić information content (AvgIpc) is 2.67. The van der Waals surface area contributed by atoms with Crippen LogP contribution in [-0.4, -0.2) is 47.9 Å². The summed E-state index contributed by atoms with van der Waals surface area (Å²) in [4.78, 5) is 12.4. The van der Waals surface area contributed by atoms with Crippen LogP contribution < -0.4 is 19.1 Å². The van der Waals surface area contributed by atoms with E-state index < -0.39 is 10.0 Å². The second-order valence-electron chi connectivity index (χ2n) is 7.26. The van der Waals surface area contributed by atoms with Crippen molar-refractivity contribution in [1.82, 2.24) is 5.32 Å². The SMILES string of the molecule is COc1ccc(CCCNC(=O)CN(c2cc(C)cc(C)c2)S(C)(=O)=O)cc1OC. The molecule has 0 atom stereocenters. The fraction of sp³-hybridized carbons (Fsp3) is 0.409. The summed E-state index contributed by atoms with van der Waals surface area (Å²) < 4.78 is 36.1. The van der Waals surface area contributed by atoms with Crippen LogP contribution in [0.3, 0.4) is 0 Å². The van der Waals surface area contributed by atoms with E-state index in [1.807, 2.05) is 38.1 Å². The Morgan fingerprint density at radius 1 is 1.00 bits per heavy atom. The number of anilines is 1. The van der Waals surface area contributed by atoms with Gasteiger partial charge in [-0.1, -0.05) is 12.1 Å². The van der Waals surface area contributed by atoms with E-state index in [1.165, 1.54) is 0 Å². The van der Waals surface area contributed by atoms with Crippen molar-refractivity contribution in [2.24, 2.45) is 0 Å². The van der Waals surface area contributed by atoms with Crippen LogP contribution in [0.5, 0.6) is 11.5 Å². The van der Waals surface area contributed by atoms with Gasteiger partial charge in [0.05, 0.1) is 26.2 Å². The lowest BCUT2D eigenvalue weighted by molar-refractivity contribution is -0.119. The van der Waals surface area contributed by atoms with E-state index in [0.29, 0.717) is 30.2 Å². The minimum atomic E-state index is -3.59. The zero-order valence-electron chi connectivity index (χ0n) is 18.2. The largest absolute Gasteiger partial charge is 0.493 e. The number of hydrogen-bond acceptors (Lipinski definition) is 5. The van der Waals surface area contributed by atoms with Gasteiger partial charge in [0.15, 0.2) is 11.5 Å². The lowest BCUT2D eigenvalue weighted by atomic mass is 10.1. The molecule has 0 spiro atoms. The van der Waals surface area contributed by atoms with E-state index in [1.54, 1.807) is 26.4 Å². The smallest absolute Gasteiger partial charge is 0.240 e. The molecule has 0 bridgehead atoms. The first-order valence-electron chi connectivity index (χ1n) is 9.67. The number of methoxy groups -OCH3 is 2. The number of nitrogens with one attached hydrogen (secondary N) is 1. The Bertz CT molecular complexity index is 969. The van der Waals surface area contributed by atoms with Gasteiger partial charge in [0.2, 0.25) is 15.9 Å². The lowest BCUT2D eigenvalue weighted by Crippen LogP contribution is -2.40. The van der Waals surface area contributed by atoms with E-state index in [-0.39, 0.29) is 12.5 Å². The van der Waals surface area contributed by atoms with Gasteiger partial charge in [-0.15, -0.1) is 0 Å². The number of hydrogen-bond donors (Lipinski definition) is 1. The highest BCUT2D eigenvalue weighted by Gasteiger charge is 2.21. The van der Waals surface area contributed by atoms with Crippen molar-refractivity contribution in [3.05, 3.63) is 53.1 Å². The summed E-state index contributed by atoms with van der Waals surface area (Å²) in [7, 11) is -0.411. The number of carbonyl (C=O) groups is 1. The molecule has 1 N–H and O–H groups in total. The number of nitrogens with zero attached hydrogens (tertiary/aromatic N) is 1. The molecule has 30 heavy (non-hydrogen) atoms. The first-order valence-corrected chi connectivity index (χ1v) is 11.5. The Hall–Kier alpha value is -2.74. The van der Waals surface area contributed by atoms with E-state index in [9.17, 15) is 13.2 Å². The number of ether oxygens (including phenoxy) is 2. The summed E-state index contributed by atoms with van der Waals surface area (Å²) in [6.45, 7) is 3.98. The summed E-state index contributed by atoms with van der Waals surface area (Å²) in [5, 5.41) is 2.80. The summed E-state index contributed by atoms with van der Waals surface area (Å²) in [6.07, 6.45) is 2.56. The van der Waals surface area contributed by atoms with Crippen LogP contribution in [-0.2, 0) is 21.2 Å². The molecule has 0 aromatic heterocycles. The molecule has 2 aromatic carbocycles. The van der Waals surface area contributed by atoms with E-state index in [2.05, 4.69) is 5.32 Å². The minimum absolute atomic E-state index is 0.252. The molecular formula is C22H30N2O5S. The maximum Gasteiger partial charge on any atom is 0.240 e. The summed E-state index contributed by atoms with van der Waals surface area (Å²) in [5.41, 5.74) is 3.44. The van der Waals surface area contributed by atoms with Gasteiger partial charge in [-0.25, -0.2) is 8.42 Å². The Morgan fingerprint density at radius 2 is 1.63 bits per heavy atom. The van der Waals surface area contributed by atoms with Gasteiger partial charge in [-0.3, -0.25) is 9.10 Å². The topological polar surface area (TPSA) is 84.9 Å². The monoisotopic (exact) mass is 434 g/mol. The maximum absolute atomic E-state index is 12.4. The van der Waals surface area contributed by atoms with Gasteiger partial charge < -0.3 is 14.8 Å². The first-order chi connectivity index (χ1) is 14.1. The van der Waals surface area contributed by atoms with Crippen molar-refractivity contribution in [3.63, 3.8) is 0 Å². The molecule has 0 aliphatic heterocycles. The molecule has 1 amide bonds. The van der Waals surface area contributed by atoms with Gasteiger partial charge >= 0.3 is 0 Å². The molecule has 8 heteroatoms. The summed E-state index contributed by atoms with van der Waals surface area (Å²) >= 11 is 0. The highest BCUT2D eigenvalue weighted by Crippen LogP contribution is 2.28. The van der Waals surface area contributed by atoms with Crippen LogP contribution in [0.1, 0.15) is 23.1 Å². The van der Waals surface area contributed by atoms with Gasteiger partial charge in [0.25, 0.3) is 0 Å². The van der Waals surface area contributed by atoms with Crippen LogP contribution in [0, 0.1) is 13.8 Å². The number of rotatable bonds is 10. The molecule has 0 aliphatic carbocycles. The third-order valence-corrected chi connectivity index (χ3v) is 5.73. The third-order valence-electron chi connectivity index (χ3n) is 4.59. The molecule has 164 valence electrons. The quantitative estimate of drug-likeness (QED) is 0.581. The fourth-order valence-electron chi connectivity index (χ4n) is 3.24. The second-order valence-corrected chi connectivity index (χ2v) is 9.17. The zero-order chi connectivity index (χ0) is 22.3.